The summed E-state index contributed by atoms with van der Waals surface area (Å²) in [5.41, 5.74) is 1.24. The molecule has 0 heterocycles. The van der Waals surface area contributed by atoms with Crippen LogP contribution in [0, 0.1) is 5.21 Å². The lowest BCUT2D eigenvalue weighted by atomic mass is 10.1. The SMILES string of the molecule is CCCCN([O-])CCc1ccccc1. The number of hydrogen-bond donors (Lipinski definition) is 0. The van der Waals surface area contributed by atoms with Crippen molar-refractivity contribution in [3.63, 3.8) is 0 Å². The van der Waals surface area contributed by atoms with Crippen LogP contribution >= 0.6 is 0 Å². The first kappa shape index (κ1) is 11.2. The fourth-order valence-electron chi connectivity index (χ4n) is 1.34. The van der Waals surface area contributed by atoms with Crippen molar-refractivity contribution >= 4 is 0 Å². The Labute approximate surface area is 86.1 Å². The number of hydrogen-bond acceptors (Lipinski definition) is 2. The van der Waals surface area contributed by atoms with Crippen molar-refractivity contribution in [1.82, 2.24) is 5.06 Å². The predicted molar refractivity (Wildman–Crippen MR) is 60.0 cm³/mol. The summed E-state index contributed by atoms with van der Waals surface area (Å²) in [4.78, 5) is 0. The molecule has 0 bridgehead atoms. The maximum atomic E-state index is 11.3. The smallest absolute Gasteiger partial charge is 0.0103 e. The molecule has 2 heteroatoms. The van der Waals surface area contributed by atoms with E-state index in [9.17, 15) is 5.21 Å². The van der Waals surface area contributed by atoms with Crippen LogP contribution < -0.4 is 0 Å². The van der Waals surface area contributed by atoms with E-state index < -0.39 is 0 Å². The summed E-state index contributed by atoms with van der Waals surface area (Å²) < 4.78 is 0. The van der Waals surface area contributed by atoms with Crippen molar-refractivity contribution < 1.29 is 0 Å². The van der Waals surface area contributed by atoms with Crippen LogP contribution in [-0.2, 0) is 6.42 Å². The van der Waals surface area contributed by atoms with Crippen LogP contribution in [0.4, 0.5) is 0 Å². The van der Waals surface area contributed by atoms with Crippen LogP contribution in [0.2, 0.25) is 0 Å². The average molecular weight is 192 g/mol. The molecule has 0 saturated carbocycles. The summed E-state index contributed by atoms with van der Waals surface area (Å²) in [5.74, 6) is 0. The van der Waals surface area contributed by atoms with Gasteiger partial charge in [-0.1, -0.05) is 43.7 Å². The molecule has 0 N–H and O–H groups in total. The largest absolute Gasteiger partial charge is 0.785 e. The highest BCUT2D eigenvalue weighted by Crippen LogP contribution is 2.01. The molecule has 0 aliphatic carbocycles. The minimum Gasteiger partial charge on any atom is -0.785 e. The Bertz CT molecular complexity index is 235. The minimum atomic E-state index is 0.615. The first-order valence-electron chi connectivity index (χ1n) is 5.29. The van der Waals surface area contributed by atoms with Crippen molar-refractivity contribution in [1.29, 1.82) is 0 Å². The molecule has 0 aromatic heterocycles. The molecule has 0 atom stereocenters. The van der Waals surface area contributed by atoms with Gasteiger partial charge in [0.05, 0.1) is 0 Å². The van der Waals surface area contributed by atoms with Crippen LogP contribution in [-0.4, -0.2) is 18.2 Å². The van der Waals surface area contributed by atoms with E-state index >= 15 is 0 Å². The van der Waals surface area contributed by atoms with Crippen molar-refractivity contribution in [2.75, 3.05) is 13.1 Å². The number of hydroxylamine groups is 2. The van der Waals surface area contributed by atoms with Crippen molar-refractivity contribution in [2.45, 2.75) is 26.2 Å². The maximum Gasteiger partial charge on any atom is -0.0103 e. The number of benzene rings is 1. The highest BCUT2D eigenvalue weighted by molar-refractivity contribution is 5.14. The van der Waals surface area contributed by atoms with Gasteiger partial charge in [0.15, 0.2) is 0 Å². The zero-order valence-electron chi connectivity index (χ0n) is 8.78. The van der Waals surface area contributed by atoms with Gasteiger partial charge in [-0.15, -0.1) is 0 Å². The molecular weight excluding hydrogens is 174 g/mol. The van der Waals surface area contributed by atoms with E-state index in [0.717, 1.165) is 24.3 Å². The third-order valence-corrected chi connectivity index (χ3v) is 2.25. The minimum absolute atomic E-state index is 0.615. The molecule has 0 amide bonds. The van der Waals surface area contributed by atoms with E-state index in [-0.39, 0.29) is 0 Å². The second-order valence-corrected chi connectivity index (χ2v) is 3.52. The van der Waals surface area contributed by atoms with Gasteiger partial charge in [0, 0.05) is 0 Å². The summed E-state index contributed by atoms with van der Waals surface area (Å²) >= 11 is 0. The molecule has 14 heavy (non-hydrogen) atoms. The zero-order valence-corrected chi connectivity index (χ0v) is 8.78. The highest BCUT2D eigenvalue weighted by Gasteiger charge is 1.93. The number of nitrogens with zero attached hydrogens (tertiary/aromatic N) is 1. The van der Waals surface area contributed by atoms with Crippen LogP contribution in [0.15, 0.2) is 30.3 Å². The van der Waals surface area contributed by atoms with E-state index in [2.05, 4.69) is 19.1 Å². The molecular formula is C12H18NO-. The second-order valence-electron chi connectivity index (χ2n) is 3.52. The van der Waals surface area contributed by atoms with Gasteiger partial charge in [-0.25, -0.2) is 0 Å². The third-order valence-electron chi connectivity index (χ3n) is 2.25. The molecule has 0 aliphatic heterocycles. The summed E-state index contributed by atoms with van der Waals surface area (Å²) in [6, 6.07) is 10.1. The standard InChI is InChI=1S/C12H18NO/c1-2-3-10-13(14)11-9-12-7-5-4-6-8-12/h4-8H,2-3,9-11H2,1H3/q-1. The molecule has 0 spiro atoms. The molecule has 0 unspecified atom stereocenters. The van der Waals surface area contributed by atoms with Gasteiger partial charge in [0.1, 0.15) is 0 Å². The summed E-state index contributed by atoms with van der Waals surface area (Å²) in [7, 11) is 0. The van der Waals surface area contributed by atoms with Crippen LogP contribution in [0.5, 0.6) is 0 Å². The van der Waals surface area contributed by atoms with E-state index in [1.54, 1.807) is 0 Å². The average Bonchev–Trinajstić information content (AvgIpc) is 2.25. The molecule has 0 aliphatic rings. The van der Waals surface area contributed by atoms with Gasteiger partial charge in [0.25, 0.3) is 0 Å². The quantitative estimate of drug-likeness (QED) is 0.648. The Morgan fingerprint density at radius 1 is 1.14 bits per heavy atom. The molecule has 0 fully saturated rings. The fraction of sp³-hybridized carbons (Fsp3) is 0.500. The van der Waals surface area contributed by atoms with Crippen molar-refractivity contribution in [2.24, 2.45) is 0 Å². The molecule has 78 valence electrons. The van der Waals surface area contributed by atoms with E-state index in [1.165, 1.54) is 5.56 Å². The lowest BCUT2D eigenvalue weighted by Crippen LogP contribution is -2.20. The van der Waals surface area contributed by atoms with Gasteiger partial charge in [-0.3, -0.25) is 0 Å². The van der Waals surface area contributed by atoms with Gasteiger partial charge >= 0.3 is 0 Å². The Balaban J connectivity index is 2.20. The first-order valence-corrected chi connectivity index (χ1v) is 5.29. The van der Waals surface area contributed by atoms with E-state index in [1.807, 2.05) is 18.2 Å². The van der Waals surface area contributed by atoms with Gasteiger partial charge in [0.2, 0.25) is 0 Å². The fourth-order valence-corrected chi connectivity index (χ4v) is 1.34. The van der Waals surface area contributed by atoms with Crippen molar-refractivity contribution in [3.8, 4) is 0 Å². The summed E-state index contributed by atoms with van der Waals surface area (Å²) in [6.07, 6.45) is 2.94. The number of unbranched alkanes of at least 4 members (excludes halogenated alkanes) is 1. The molecule has 1 aromatic rings. The maximum absolute atomic E-state index is 11.3. The number of rotatable bonds is 6. The molecule has 2 nitrogen and oxygen atoms in total. The molecule has 0 radical (unpaired) electrons. The van der Waals surface area contributed by atoms with Crippen LogP contribution in [0.3, 0.4) is 0 Å². The zero-order chi connectivity index (χ0) is 10.2. The summed E-state index contributed by atoms with van der Waals surface area (Å²) in [6.45, 7) is 3.39. The monoisotopic (exact) mass is 192 g/mol. The Hall–Kier alpha value is -0.860. The van der Waals surface area contributed by atoms with Crippen LogP contribution in [0.1, 0.15) is 25.3 Å². The lowest BCUT2D eigenvalue weighted by molar-refractivity contribution is 0.373. The first-order chi connectivity index (χ1) is 6.83. The Morgan fingerprint density at radius 2 is 1.86 bits per heavy atom. The third kappa shape index (κ3) is 4.40. The second kappa shape index (κ2) is 6.57. The van der Waals surface area contributed by atoms with Crippen molar-refractivity contribution in [3.05, 3.63) is 41.1 Å². The normalized spacial score (nSPS) is 10.8. The molecule has 1 aromatic carbocycles. The van der Waals surface area contributed by atoms with Gasteiger partial charge in [-0.05, 0) is 31.5 Å². The Morgan fingerprint density at radius 3 is 2.50 bits per heavy atom. The van der Waals surface area contributed by atoms with Gasteiger partial charge in [-0.2, -0.15) is 0 Å². The predicted octanol–water partition coefficient (Wildman–Crippen LogP) is 2.83. The topological polar surface area (TPSA) is 26.3 Å². The summed E-state index contributed by atoms with van der Waals surface area (Å²) in [5, 5.41) is 12.5. The molecule has 1 rings (SSSR count). The van der Waals surface area contributed by atoms with Gasteiger partial charge < -0.3 is 10.3 Å². The highest BCUT2D eigenvalue weighted by atomic mass is 16.5. The van der Waals surface area contributed by atoms with Crippen LogP contribution in [0.25, 0.3) is 0 Å². The Kier molecular flexibility index (Phi) is 5.27. The lowest BCUT2D eigenvalue weighted by Gasteiger charge is -2.27. The van der Waals surface area contributed by atoms with E-state index in [0.29, 0.717) is 13.1 Å². The van der Waals surface area contributed by atoms with E-state index in [4.69, 9.17) is 0 Å². The molecule has 0 saturated heterocycles.